The van der Waals surface area contributed by atoms with Crippen molar-refractivity contribution >= 4 is 6.09 Å². The lowest BCUT2D eigenvalue weighted by Crippen LogP contribution is -2.58. The molecule has 4 nitrogen and oxygen atoms in total. The first kappa shape index (κ1) is 13.6. The highest BCUT2D eigenvalue weighted by atomic mass is 16.4. The van der Waals surface area contributed by atoms with Gasteiger partial charge in [-0.15, -0.1) is 0 Å². The lowest BCUT2D eigenvalue weighted by Gasteiger charge is -2.47. The number of hydrogen-bond donors (Lipinski definition) is 2. The van der Waals surface area contributed by atoms with Crippen LogP contribution >= 0.6 is 0 Å². The van der Waals surface area contributed by atoms with Gasteiger partial charge in [0.15, 0.2) is 0 Å². The molecule has 2 N–H and O–H groups in total. The van der Waals surface area contributed by atoms with Gasteiger partial charge in [-0.2, -0.15) is 0 Å². The Morgan fingerprint density at radius 1 is 0.952 bits per heavy atom. The van der Waals surface area contributed by atoms with E-state index in [2.05, 4.69) is 0 Å². The van der Waals surface area contributed by atoms with Gasteiger partial charge in [-0.25, -0.2) is 4.79 Å². The van der Waals surface area contributed by atoms with Crippen LogP contribution in [0.15, 0.2) is 60.7 Å². The Kier molecular flexibility index (Phi) is 3.39. The van der Waals surface area contributed by atoms with Crippen molar-refractivity contribution in [3.05, 3.63) is 71.8 Å². The molecule has 0 radical (unpaired) electrons. The molecule has 0 aliphatic carbocycles. The summed E-state index contributed by atoms with van der Waals surface area (Å²) in [5, 5.41) is 20.4. The van der Waals surface area contributed by atoms with E-state index in [4.69, 9.17) is 5.11 Å². The lowest BCUT2D eigenvalue weighted by molar-refractivity contribution is -0.0545. The van der Waals surface area contributed by atoms with Gasteiger partial charge in [0, 0.05) is 19.0 Å². The van der Waals surface area contributed by atoms with Crippen LogP contribution in [-0.4, -0.2) is 34.3 Å². The second-order valence-corrected chi connectivity index (χ2v) is 5.38. The maximum atomic E-state index is 11.4. The zero-order valence-corrected chi connectivity index (χ0v) is 11.5. The van der Waals surface area contributed by atoms with Crippen LogP contribution in [0.1, 0.15) is 11.1 Å². The Morgan fingerprint density at radius 2 is 1.38 bits per heavy atom. The third kappa shape index (κ3) is 2.28. The minimum absolute atomic E-state index is 0.140. The average Bonchev–Trinajstić information content (AvgIpc) is 2.47. The zero-order chi connectivity index (χ0) is 14.9. The standard InChI is InChI=1S/C17H17NO3/c19-16(20)18-11-15(12-18)17(21,13-7-3-1-4-8-13)14-9-5-2-6-10-14/h1-10,15,21H,11-12H2,(H,19,20). The fourth-order valence-corrected chi connectivity index (χ4v) is 2.92. The summed E-state index contributed by atoms with van der Waals surface area (Å²) >= 11 is 0. The van der Waals surface area contributed by atoms with E-state index in [0.29, 0.717) is 13.1 Å². The van der Waals surface area contributed by atoms with Crippen molar-refractivity contribution in [2.45, 2.75) is 5.60 Å². The molecular weight excluding hydrogens is 266 g/mol. The molecule has 1 heterocycles. The van der Waals surface area contributed by atoms with Crippen molar-refractivity contribution in [3.63, 3.8) is 0 Å². The molecule has 1 aliphatic rings. The zero-order valence-electron chi connectivity index (χ0n) is 11.5. The molecule has 108 valence electrons. The summed E-state index contributed by atoms with van der Waals surface area (Å²) in [7, 11) is 0. The van der Waals surface area contributed by atoms with Gasteiger partial charge >= 0.3 is 6.09 Å². The molecule has 0 bridgehead atoms. The van der Waals surface area contributed by atoms with Crippen LogP contribution in [0.4, 0.5) is 4.79 Å². The Morgan fingerprint density at radius 3 is 1.76 bits per heavy atom. The van der Waals surface area contributed by atoms with E-state index in [9.17, 15) is 9.90 Å². The quantitative estimate of drug-likeness (QED) is 0.910. The van der Waals surface area contributed by atoms with Crippen molar-refractivity contribution in [1.29, 1.82) is 0 Å². The van der Waals surface area contributed by atoms with Gasteiger partial charge in [0.05, 0.1) is 0 Å². The third-order valence-corrected chi connectivity index (χ3v) is 4.17. The van der Waals surface area contributed by atoms with E-state index in [0.717, 1.165) is 11.1 Å². The number of aliphatic hydroxyl groups is 1. The number of likely N-dealkylation sites (tertiary alicyclic amines) is 1. The van der Waals surface area contributed by atoms with Gasteiger partial charge in [0.1, 0.15) is 5.60 Å². The first-order valence-corrected chi connectivity index (χ1v) is 6.93. The first-order chi connectivity index (χ1) is 10.1. The molecule has 1 aliphatic heterocycles. The predicted octanol–water partition coefficient (Wildman–Crippen LogP) is 2.53. The van der Waals surface area contributed by atoms with Crippen molar-refractivity contribution < 1.29 is 15.0 Å². The van der Waals surface area contributed by atoms with Gasteiger partial charge < -0.3 is 15.1 Å². The van der Waals surface area contributed by atoms with E-state index in [-0.39, 0.29) is 5.92 Å². The number of amides is 1. The summed E-state index contributed by atoms with van der Waals surface area (Å²) < 4.78 is 0. The van der Waals surface area contributed by atoms with Gasteiger partial charge in [-0.05, 0) is 11.1 Å². The van der Waals surface area contributed by atoms with Crippen molar-refractivity contribution in [2.24, 2.45) is 5.92 Å². The molecule has 1 fully saturated rings. The molecule has 0 unspecified atom stereocenters. The van der Waals surface area contributed by atoms with E-state index >= 15 is 0 Å². The van der Waals surface area contributed by atoms with Gasteiger partial charge in [0.25, 0.3) is 0 Å². The number of rotatable bonds is 3. The molecular formula is C17H17NO3. The molecule has 0 atom stereocenters. The molecule has 4 heteroatoms. The summed E-state index contributed by atoms with van der Waals surface area (Å²) in [6.45, 7) is 0.686. The molecule has 2 aromatic rings. The minimum atomic E-state index is -1.16. The first-order valence-electron chi connectivity index (χ1n) is 6.93. The topological polar surface area (TPSA) is 60.8 Å². The SMILES string of the molecule is O=C(O)N1CC(C(O)(c2ccccc2)c2ccccc2)C1. The molecule has 1 saturated heterocycles. The van der Waals surface area contributed by atoms with Gasteiger partial charge in [-0.3, -0.25) is 0 Å². The summed E-state index contributed by atoms with van der Waals surface area (Å²) in [4.78, 5) is 12.3. The maximum absolute atomic E-state index is 11.4. The number of nitrogens with zero attached hydrogens (tertiary/aromatic N) is 1. The normalized spacial score (nSPS) is 15.6. The van der Waals surface area contributed by atoms with Crippen LogP contribution < -0.4 is 0 Å². The Labute approximate surface area is 123 Å². The molecule has 0 saturated carbocycles. The summed E-state index contributed by atoms with van der Waals surface area (Å²) in [5.41, 5.74) is 0.437. The Bertz CT molecular complexity index is 581. The van der Waals surface area contributed by atoms with Crippen molar-refractivity contribution in [1.82, 2.24) is 4.90 Å². The lowest BCUT2D eigenvalue weighted by atomic mass is 9.72. The largest absolute Gasteiger partial charge is 0.465 e. The Hall–Kier alpha value is -2.33. The third-order valence-electron chi connectivity index (χ3n) is 4.17. The van der Waals surface area contributed by atoms with Crippen LogP contribution in [0.5, 0.6) is 0 Å². The summed E-state index contributed by atoms with van der Waals surface area (Å²) in [6.07, 6.45) is -0.935. The molecule has 2 aromatic carbocycles. The van der Waals surface area contributed by atoms with Gasteiger partial charge in [0.2, 0.25) is 0 Å². The summed E-state index contributed by atoms with van der Waals surface area (Å²) in [5.74, 6) is -0.140. The average molecular weight is 283 g/mol. The van der Waals surface area contributed by atoms with Crippen molar-refractivity contribution in [2.75, 3.05) is 13.1 Å². The number of carboxylic acid groups (broad SMARTS) is 1. The molecule has 0 spiro atoms. The number of benzene rings is 2. The van der Waals surface area contributed by atoms with E-state index in [1.54, 1.807) is 0 Å². The summed E-state index contributed by atoms with van der Waals surface area (Å²) in [6, 6.07) is 18.9. The van der Waals surface area contributed by atoms with E-state index < -0.39 is 11.7 Å². The second kappa shape index (κ2) is 5.22. The van der Waals surface area contributed by atoms with Crippen LogP contribution in [0.2, 0.25) is 0 Å². The molecule has 3 rings (SSSR count). The minimum Gasteiger partial charge on any atom is -0.465 e. The highest BCUT2D eigenvalue weighted by Crippen LogP contribution is 2.41. The van der Waals surface area contributed by atoms with Crippen LogP contribution in [0, 0.1) is 5.92 Å². The predicted molar refractivity (Wildman–Crippen MR) is 79.0 cm³/mol. The highest BCUT2D eigenvalue weighted by Gasteiger charge is 2.47. The fraction of sp³-hybridized carbons (Fsp3) is 0.235. The smallest absolute Gasteiger partial charge is 0.407 e. The fourth-order valence-electron chi connectivity index (χ4n) is 2.92. The highest BCUT2D eigenvalue weighted by molar-refractivity contribution is 5.66. The van der Waals surface area contributed by atoms with E-state index in [1.165, 1.54) is 4.90 Å². The van der Waals surface area contributed by atoms with E-state index in [1.807, 2.05) is 60.7 Å². The van der Waals surface area contributed by atoms with Crippen LogP contribution in [0.25, 0.3) is 0 Å². The maximum Gasteiger partial charge on any atom is 0.407 e. The van der Waals surface area contributed by atoms with Crippen LogP contribution in [-0.2, 0) is 5.60 Å². The second-order valence-electron chi connectivity index (χ2n) is 5.38. The number of hydrogen-bond acceptors (Lipinski definition) is 2. The Balaban J connectivity index is 1.99. The molecule has 1 amide bonds. The van der Waals surface area contributed by atoms with Crippen molar-refractivity contribution in [3.8, 4) is 0 Å². The van der Waals surface area contributed by atoms with Gasteiger partial charge in [-0.1, -0.05) is 60.7 Å². The molecule has 21 heavy (non-hydrogen) atoms. The molecule has 0 aromatic heterocycles. The monoisotopic (exact) mass is 283 g/mol. The van der Waals surface area contributed by atoms with Crippen LogP contribution in [0.3, 0.4) is 0 Å². The number of carbonyl (C=O) groups is 1.